The van der Waals surface area contributed by atoms with E-state index in [0.29, 0.717) is 12.2 Å². The van der Waals surface area contributed by atoms with Crippen molar-refractivity contribution < 1.29 is 13.6 Å². The van der Waals surface area contributed by atoms with Crippen LogP contribution in [0.5, 0.6) is 5.75 Å². The molecule has 0 N–H and O–H groups in total. The summed E-state index contributed by atoms with van der Waals surface area (Å²) < 4.78 is 14.9. The molecule has 0 saturated heterocycles. The summed E-state index contributed by atoms with van der Waals surface area (Å²) in [6.07, 6.45) is 0. The number of hydrogen-bond donors (Lipinski definition) is 0. The van der Waals surface area contributed by atoms with E-state index in [1.54, 1.807) is 6.92 Å². The lowest BCUT2D eigenvalue weighted by Gasteiger charge is -2.44. The number of Topliss-reactive ketones (excluding diaryl/α,β-unsaturated/α-hetero) is 1. The SMILES string of the molecule is CC(=O)c1ccc(O[Si](c2ccccc2)(c2ccccc2)C(C)(C)C)c(CO[Si](c2ccccc2)(c2ccccc2)C(C)(C)C)c1. The molecule has 0 aromatic heterocycles. The summed E-state index contributed by atoms with van der Waals surface area (Å²) in [5, 5.41) is 4.42. The Kier molecular flexibility index (Phi) is 9.68. The smallest absolute Gasteiger partial charge is 0.319 e. The zero-order valence-electron chi connectivity index (χ0n) is 28.2. The van der Waals surface area contributed by atoms with Gasteiger partial charge in [-0.05, 0) is 55.9 Å². The first-order valence-corrected chi connectivity index (χ1v) is 19.9. The van der Waals surface area contributed by atoms with Crippen LogP contribution in [0.2, 0.25) is 10.1 Å². The van der Waals surface area contributed by atoms with E-state index >= 15 is 0 Å². The maximum atomic E-state index is 12.7. The summed E-state index contributed by atoms with van der Waals surface area (Å²) in [5.74, 6) is 0.779. The van der Waals surface area contributed by atoms with Crippen molar-refractivity contribution in [3.63, 3.8) is 0 Å². The molecule has 0 saturated carbocycles. The van der Waals surface area contributed by atoms with E-state index in [4.69, 9.17) is 8.85 Å². The van der Waals surface area contributed by atoms with Crippen LogP contribution in [0.3, 0.4) is 0 Å². The second kappa shape index (κ2) is 13.4. The molecule has 0 radical (unpaired) electrons. The molecule has 0 heterocycles. The minimum Gasteiger partial charge on any atom is -0.534 e. The molecule has 0 spiro atoms. The Morgan fingerprint density at radius 3 is 1.26 bits per heavy atom. The van der Waals surface area contributed by atoms with Crippen molar-refractivity contribution in [2.24, 2.45) is 0 Å². The highest BCUT2D eigenvalue weighted by Gasteiger charge is 2.53. The molecule has 0 aliphatic carbocycles. The molecule has 0 unspecified atom stereocenters. The summed E-state index contributed by atoms with van der Waals surface area (Å²) >= 11 is 0. The molecule has 0 fully saturated rings. The van der Waals surface area contributed by atoms with Crippen molar-refractivity contribution in [2.45, 2.75) is 65.1 Å². The molecule has 3 nitrogen and oxygen atoms in total. The minimum absolute atomic E-state index is 0.0173. The van der Waals surface area contributed by atoms with Gasteiger partial charge in [0.15, 0.2) is 5.78 Å². The molecule has 0 aliphatic heterocycles. The monoisotopic (exact) mass is 642 g/mol. The number of carbonyl (C=O) groups excluding carboxylic acids is 1. The summed E-state index contributed by atoms with van der Waals surface area (Å²) in [4.78, 5) is 12.7. The summed E-state index contributed by atoms with van der Waals surface area (Å²) in [5.41, 5.74) is 1.53. The van der Waals surface area contributed by atoms with Crippen LogP contribution in [0.1, 0.15) is 64.4 Å². The van der Waals surface area contributed by atoms with E-state index in [1.165, 1.54) is 20.7 Å². The average molecular weight is 643 g/mol. The van der Waals surface area contributed by atoms with Crippen molar-refractivity contribution >= 4 is 43.2 Å². The minimum atomic E-state index is -2.93. The molecule has 5 aromatic carbocycles. The van der Waals surface area contributed by atoms with Crippen molar-refractivity contribution in [2.75, 3.05) is 0 Å². The standard InChI is InChI=1S/C41H46O3Si2/c1-32(42)33-28-29-39(44-46(41(5,6)7,37-24-16-10-17-25-37)38-26-18-11-19-27-38)34(30-33)31-43-45(40(2,3)4,35-20-12-8-13-21-35)36-22-14-9-15-23-36/h8-30H,31H2,1-7H3. The normalized spacial score (nSPS) is 12.5. The Bertz CT molecular complexity index is 1660. The maximum absolute atomic E-state index is 12.7. The highest BCUT2D eigenvalue weighted by atomic mass is 28.4. The van der Waals surface area contributed by atoms with Crippen molar-refractivity contribution in [3.8, 4) is 5.75 Å². The van der Waals surface area contributed by atoms with Crippen LogP contribution in [-0.2, 0) is 11.0 Å². The lowest BCUT2D eigenvalue weighted by molar-refractivity contribution is 0.101. The van der Waals surface area contributed by atoms with E-state index in [1.807, 2.05) is 18.2 Å². The largest absolute Gasteiger partial charge is 0.534 e. The van der Waals surface area contributed by atoms with Crippen LogP contribution >= 0.6 is 0 Å². The molecule has 0 amide bonds. The fourth-order valence-electron chi connectivity index (χ4n) is 6.77. The van der Waals surface area contributed by atoms with Crippen molar-refractivity contribution in [1.29, 1.82) is 0 Å². The number of ketones is 1. The van der Waals surface area contributed by atoms with Crippen LogP contribution in [-0.4, -0.2) is 22.4 Å². The molecule has 5 rings (SSSR count). The van der Waals surface area contributed by atoms with Gasteiger partial charge in [0.25, 0.3) is 8.32 Å². The molecule has 236 valence electrons. The number of rotatable bonds is 10. The van der Waals surface area contributed by atoms with Gasteiger partial charge in [0.1, 0.15) is 5.75 Å². The third kappa shape index (κ3) is 6.32. The highest BCUT2D eigenvalue weighted by Crippen LogP contribution is 2.41. The topological polar surface area (TPSA) is 35.5 Å². The highest BCUT2D eigenvalue weighted by molar-refractivity contribution is 7.00. The van der Waals surface area contributed by atoms with Crippen molar-refractivity contribution in [3.05, 3.63) is 151 Å². The summed E-state index contributed by atoms with van der Waals surface area (Å²) in [6, 6.07) is 48.5. The van der Waals surface area contributed by atoms with Gasteiger partial charge in [0.05, 0.1) is 6.61 Å². The Balaban J connectivity index is 1.70. The van der Waals surface area contributed by atoms with Crippen LogP contribution in [0.15, 0.2) is 140 Å². The Morgan fingerprint density at radius 2 is 0.913 bits per heavy atom. The number of benzene rings is 5. The Morgan fingerprint density at radius 1 is 0.543 bits per heavy atom. The fourth-order valence-corrected chi connectivity index (χ4v) is 15.8. The first kappa shape index (κ1) is 33.3. The van der Waals surface area contributed by atoms with Gasteiger partial charge in [-0.1, -0.05) is 163 Å². The zero-order chi connectivity index (χ0) is 33.0. The third-order valence-corrected chi connectivity index (χ3v) is 18.9. The lowest BCUT2D eigenvalue weighted by Crippen LogP contribution is -2.69. The second-order valence-electron chi connectivity index (χ2n) is 14.1. The molecule has 0 atom stereocenters. The molecule has 5 aromatic rings. The van der Waals surface area contributed by atoms with Crippen LogP contribution in [0, 0.1) is 0 Å². The number of carbonyl (C=O) groups is 1. The van der Waals surface area contributed by atoms with Gasteiger partial charge in [0.2, 0.25) is 0 Å². The van der Waals surface area contributed by atoms with Crippen molar-refractivity contribution in [1.82, 2.24) is 0 Å². The third-order valence-electron chi connectivity index (χ3n) is 9.01. The quantitative estimate of drug-likeness (QED) is 0.115. The van der Waals surface area contributed by atoms with Gasteiger partial charge in [-0.15, -0.1) is 0 Å². The molecule has 0 bridgehead atoms. The van der Waals surface area contributed by atoms with Crippen LogP contribution < -0.4 is 25.2 Å². The predicted octanol–water partition coefficient (Wildman–Crippen LogP) is 7.90. The van der Waals surface area contributed by atoms with E-state index < -0.39 is 16.6 Å². The van der Waals surface area contributed by atoms with E-state index in [0.717, 1.165) is 11.3 Å². The van der Waals surface area contributed by atoms with Crippen LogP contribution in [0.25, 0.3) is 0 Å². The molecule has 0 aliphatic rings. The molecule has 5 heteroatoms. The van der Waals surface area contributed by atoms with Gasteiger partial charge < -0.3 is 8.85 Å². The second-order valence-corrected chi connectivity index (χ2v) is 22.6. The molecular weight excluding hydrogens is 597 g/mol. The molecular formula is C41H46O3Si2. The number of hydrogen-bond acceptors (Lipinski definition) is 3. The molecule has 46 heavy (non-hydrogen) atoms. The Hall–Kier alpha value is -4.04. The van der Waals surface area contributed by atoms with E-state index in [2.05, 4.69) is 163 Å². The zero-order valence-corrected chi connectivity index (χ0v) is 30.2. The summed E-state index contributed by atoms with van der Waals surface area (Å²) in [7, 11) is -5.79. The average Bonchev–Trinajstić information content (AvgIpc) is 3.05. The van der Waals surface area contributed by atoms with Gasteiger partial charge in [-0.3, -0.25) is 4.79 Å². The van der Waals surface area contributed by atoms with Gasteiger partial charge in [-0.2, -0.15) is 0 Å². The first-order valence-electron chi connectivity index (χ1n) is 16.1. The van der Waals surface area contributed by atoms with Gasteiger partial charge in [-0.25, -0.2) is 0 Å². The predicted molar refractivity (Wildman–Crippen MR) is 197 cm³/mol. The fraction of sp³-hybridized carbons (Fsp3) is 0.244. The Labute approximate surface area is 277 Å². The summed E-state index contributed by atoms with van der Waals surface area (Å²) in [6.45, 7) is 15.6. The van der Waals surface area contributed by atoms with E-state index in [9.17, 15) is 4.79 Å². The van der Waals surface area contributed by atoms with Crippen LogP contribution in [0.4, 0.5) is 0 Å². The van der Waals surface area contributed by atoms with Gasteiger partial charge >= 0.3 is 8.32 Å². The van der Waals surface area contributed by atoms with E-state index in [-0.39, 0.29) is 15.9 Å². The first-order chi connectivity index (χ1) is 21.9. The lowest BCUT2D eigenvalue weighted by atomic mass is 10.1. The van der Waals surface area contributed by atoms with Gasteiger partial charge in [0, 0.05) is 11.1 Å². The maximum Gasteiger partial charge on any atom is 0.319 e.